The van der Waals surface area contributed by atoms with Gasteiger partial charge in [-0.1, -0.05) is 6.42 Å². The average Bonchev–Trinajstić information content (AvgIpc) is 2.22. The molecule has 1 aliphatic carbocycles. The second-order valence-electron chi connectivity index (χ2n) is 3.87. The van der Waals surface area contributed by atoms with Crippen molar-refractivity contribution in [2.75, 3.05) is 13.3 Å². The molecule has 15 heavy (non-hydrogen) atoms. The zero-order chi connectivity index (χ0) is 11.3. The number of alkyl halides is 1. The van der Waals surface area contributed by atoms with Crippen molar-refractivity contribution in [3.63, 3.8) is 0 Å². The first kappa shape index (κ1) is 12.1. The van der Waals surface area contributed by atoms with E-state index in [-0.39, 0.29) is 18.8 Å². The van der Waals surface area contributed by atoms with Crippen molar-refractivity contribution in [3.8, 4) is 0 Å². The molecule has 1 unspecified atom stereocenters. The van der Waals surface area contributed by atoms with Crippen LogP contribution in [0.5, 0.6) is 0 Å². The van der Waals surface area contributed by atoms with Crippen LogP contribution in [0, 0.1) is 5.41 Å². The first-order valence-electron chi connectivity index (χ1n) is 5.44. The minimum absolute atomic E-state index is 0.0231. The summed E-state index contributed by atoms with van der Waals surface area (Å²) in [6.07, 6.45) is 2.38. The number of esters is 1. The third-order valence-corrected chi connectivity index (χ3v) is 2.98. The van der Waals surface area contributed by atoms with Gasteiger partial charge in [0.05, 0.1) is 13.3 Å². The van der Waals surface area contributed by atoms with Gasteiger partial charge in [-0.2, -0.15) is 0 Å². The molecule has 4 heteroatoms. The van der Waals surface area contributed by atoms with E-state index in [1.165, 1.54) is 0 Å². The summed E-state index contributed by atoms with van der Waals surface area (Å²) in [7, 11) is 0. The molecule has 1 saturated carbocycles. The lowest BCUT2D eigenvalue weighted by atomic mass is 9.71. The number of carbonyl (C=O) groups is 2. The molecule has 0 aromatic rings. The minimum atomic E-state index is -1.18. The zero-order valence-corrected chi connectivity index (χ0v) is 9.05. The minimum Gasteiger partial charge on any atom is -0.465 e. The first-order valence-corrected chi connectivity index (χ1v) is 5.44. The highest BCUT2D eigenvalue weighted by Crippen LogP contribution is 2.37. The van der Waals surface area contributed by atoms with Gasteiger partial charge in [0.25, 0.3) is 0 Å². The fraction of sp³-hybridized carbons (Fsp3) is 0.818. The molecule has 1 aliphatic rings. The Bertz CT molecular complexity index is 248. The zero-order valence-electron chi connectivity index (χ0n) is 9.05. The van der Waals surface area contributed by atoms with E-state index >= 15 is 0 Å². The van der Waals surface area contributed by atoms with Crippen LogP contribution in [-0.4, -0.2) is 25.0 Å². The number of ether oxygens (including phenoxy) is 1. The molecule has 1 fully saturated rings. The summed E-state index contributed by atoms with van der Waals surface area (Å²) in [6, 6.07) is 0. The molecule has 86 valence electrons. The molecule has 0 spiro atoms. The van der Waals surface area contributed by atoms with Crippen molar-refractivity contribution >= 4 is 11.8 Å². The van der Waals surface area contributed by atoms with E-state index in [0.717, 1.165) is 12.8 Å². The number of ketones is 1. The Morgan fingerprint density at radius 2 is 2.27 bits per heavy atom. The molecule has 0 radical (unpaired) electrons. The van der Waals surface area contributed by atoms with E-state index < -0.39 is 18.1 Å². The monoisotopic (exact) mass is 216 g/mol. The molecule has 0 heterocycles. The molecule has 1 rings (SSSR count). The van der Waals surface area contributed by atoms with Gasteiger partial charge in [-0.05, 0) is 26.2 Å². The lowest BCUT2D eigenvalue weighted by molar-refractivity contribution is -0.163. The van der Waals surface area contributed by atoms with Crippen molar-refractivity contribution in [2.45, 2.75) is 39.0 Å². The summed E-state index contributed by atoms with van der Waals surface area (Å²) in [4.78, 5) is 23.5. The van der Waals surface area contributed by atoms with Gasteiger partial charge >= 0.3 is 5.97 Å². The van der Waals surface area contributed by atoms with E-state index in [4.69, 9.17) is 4.74 Å². The molecule has 1 atom stereocenters. The smallest absolute Gasteiger partial charge is 0.319 e. The molecule has 0 aromatic heterocycles. The Kier molecular flexibility index (Phi) is 4.24. The Morgan fingerprint density at radius 1 is 1.53 bits per heavy atom. The summed E-state index contributed by atoms with van der Waals surface area (Å²) < 4.78 is 17.3. The van der Waals surface area contributed by atoms with Crippen LogP contribution >= 0.6 is 0 Å². The topological polar surface area (TPSA) is 43.4 Å². The summed E-state index contributed by atoms with van der Waals surface area (Å²) in [5, 5.41) is 0. The molecule has 0 aliphatic heterocycles. The maximum Gasteiger partial charge on any atom is 0.319 e. The van der Waals surface area contributed by atoms with Gasteiger partial charge in [-0.3, -0.25) is 14.0 Å². The van der Waals surface area contributed by atoms with Crippen molar-refractivity contribution in [1.29, 1.82) is 0 Å². The average molecular weight is 216 g/mol. The van der Waals surface area contributed by atoms with Crippen LogP contribution in [0.25, 0.3) is 0 Å². The van der Waals surface area contributed by atoms with Crippen molar-refractivity contribution in [2.24, 2.45) is 5.41 Å². The van der Waals surface area contributed by atoms with Crippen LogP contribution in [0.15, 0.2) is 0 Å². The Labute approximate surface area is 89.0 Å². The van der Waals surface area contributed by atoms with Gasteiger partial charge in [0.15, 0.2) is 0 Å². The van der Waals surface area contributed by atoms with Gasteiger partial charge in [-0.15, -0.1) is 0 Å². The predicted molar refractivity (Wildman–Crippen MR) is 53.1 cm³/mol. The van der Waals surface area contributed by atoms with Crippen molar-refractivity contribution < 1.29 is 18.7 Å². The molecule has 0 aromatic carbocycles. The van der Waals surface area contributed by atoms with Crippen LogP contribution < -0.4 is 0 Å². The van der Waals surface area contributed by atoms with Gasteiger partial charge in [0.2, 0.25) is 0 Å². The normalized spacial score (nSPS) is 26.4. The quantitative estimate of drug-likeness (QED) is 0.533. The molecule has 0 N–H and O–H groups in total. The Morgan fingerprint density at radius 3 is 2.80 bits per heavy atom. The van der Waals surface area contributed by atoms with Gasteiger partial charge < -0.3 is 4.74 Å². The number of halogens is 1. The lowest BCUT2D eigenvalue weighted by Gasteiger charge is -2.32. The van der Waals surface area contributed by atoms with E-state index in [1.54, 1.807) is 6.92 Å². The van der Waals surface area contributed by atoms with Crippen LogP contribution in [0.1, 0.15) is 39.0 Å². The fourth-order valence-electron chi connectivity index (χ4n) is 2.10. The molecule has 0 bridgehead atoms. The number of hydrogen-bond donors (Lipinski definition) is 0. The second kappa shape index (κ2) is 5.24. The number of Topliss-reactive ketones (excluding diaryl/α,β-unsaturated/α-hetero) is 1. The second-order valence-corrected chi connectivity index (χ2v) is 3.87. The number of carbonyl (C=O) groups excluding carboxylic acids is 2. The third-order valence-electron chi connectivity index (χ3n) is 2.98. The Hall–Kier alpha value is -0.930. The number of rotatable bonds is 4. The van der Waals surface area contributed by atoms with E-state index in [1.807, 2.05) is 0 Å². The summed E-state index contributed by atoms with van der Waals surface area (Å²) >= 11 is 0. The van der Waals surface area contributed by atoms with E-state index in [9.17, 15) is 14.0 Å². The highest BCUT2D eigenvalue weighted by atomic mass is 19.1. The van der Waals surface area contributed by atoms with Crippen molar-refractivity contribution in [1.82, 2.24) is 0 Å². The van der Waals surface area contributed by atoms with Crippen LogP contribution in [-0.2, 0) is 14.3 Å². The molecule has 3 nitrogen and oxygen atoms in total. The Balaban J connectivity index is 2.84. The largest absolute Gasteiger partial charge is 0.465 e. The van der Waals surface area contributed by atoms with Gasteiger partial charge in [0, 0.05) is 6.42 Å². The fourth-order valence-corrected chi connectivity index (χ4v) is 2.10. The van der Waals surface area contributed by atoms with Crippen LogP contribution in [0.4, 0.5) is 4.39 Å². The van der Waals surface area contributed by atoms with E-state index in [0.29, 0.717) is 12.8 Å². The maximum absolute atomic E-state index is 12.4. The first-order chi connectivity index (χ1) is 7.17. The predicted octanol–water partition coefficient (Wildman–Crippen LogP) is 2.04. The summed E-state index contributed by atoms with van der Waals surface area (Å²) in [6.45, 7) is 1.28. The SMILES string of the molecule is CCOC(=O)C1(CCF)CCCCC1=O. The highest BCUT2D eigenvalue weighted by molar-refractivity contribution is 6.04. The molecular formula is C11H17FO3. The van der Waals surface area contributed by atoms with Gasteiger partial charge in [0.1, 0.15) is 11.2 Å². The standard InChI is InChI=1S/C11H17FO3/c1-2-15-10(14)11(7-8-12)6-4-3-5-9(11)13/h2-8H2,1H3. The maximum atomic E-state index is 12.4. The number of hydrogen-bond acceptors (Lipinski definition) is 3. The van der Waals surface area contributed by atoms with Gasteiger partial charge in [-0.25, -0.2) is 0 Å². The third kappa shape index (κ3) is 2.36. The van der Waals surface area contributed by atoms with Crippen molar-refractivity contribution in [3.05, 3.63) is 0 Å². The van der Waals surface area contributed by atoms with Crippen LogP contribution in [0.3, 0.4) is 0 Å². The molecule has 0 amide bonds. The highest BCUT2D eigenvalue weighted by Gasteiger charge is 2.47. The molecule has 0 saturated heterocycles. The molecular weight excluding hydrogens is 199 g/mol. The lowest BCUT2D eigenvalue weighted by Crippen LogP contribution is -2.43. The van der Waals surface area contributed by atoms with E-state index in [2.05, 4.69) is 0 Å². The summed E-state index contributed by atoms with van der Waals surface area (Å²) in [5.41, 5.74) is -1.18. The van der Waals surface area contributed by atoms with Crippen LogP contribution in [0.2, 0.25) is 0 Å². The summed E-state index contributed by atoms with van der Waals surface area (Å²) in [5.74, 6) is -0.683.